The summed E-state index contributed by atoms with van der Waals surface area (Å²) >= 11 is 0. The monoisotopic (exact) mass is 339 g/mol. The van der Waals surface area contributed by atoms with Crippen molar-refractivity contribution in [1.82, 2.24) is 25.0 Å². The van der Waals surface area contributed by atoms with E-state index in [9.17, 15) is 14.4 Å². The molecule has 0 atom stereocenters. The molecule has 1 aromatic carbocycles. The number of hydrogen-bond donors (Lipinski definition) is 2. The van der Waals surface area contributed by atoms with Crippen LogP contribution in [0.4, 0.5) is 0 Å². The van der Waals surface area contributed by atoms with E-state index in [2.05, 4.69) is 16.0 Å². The number of carbonyl (C=O) groups excluding carboxylic acids is 2. The summed E-state index contributed by atoms with van der Waals surface area (Å²) in [5.74, 6) is -0.984. The van der Waals surface area contributed by atoms with Gasteiger partial charge in [0.15, 0.2) is 5.65 Å². The van der Waals surface area contributed by atoms with Crippen molar-refractivity contribution in [2.45, 2.75) is 19.9 Å². The smallest absolute Gasteiger partial charge is 0.271 e. The standard InChI is InChI=1S/C17H17N5O3/c1-2-12-6-8-13(9-7-12)16(24)19-18-15(23)11-22-17(25)21-10-4-3-5-14(21)20-22/h3-10H,2,11H2,1H3,(H,18,23)(H,19,24). The molecule has 0 aliphatic rings. The first-order valence-corrected chi connectivity index (χ1v) is 7.81. The highest BCUT2D eigenvalue weighted by Gasteiger charge is 2.11. The molecule has 0 aliphatic heterocycles. The second-order valence-electron chi connectivity index (χ2n) is 5.42. The molecule has 0 radical (unpaired) electrons. The first-order valence-electron chi connectivity index (χ1n) is 7.81. The van der Waals surface area contributed by atoms with Gasteiger partial charge < -0.3 is 0 Å². The maximum atomic E-state index is 12.1. The molecule has 2 amide bonds. The summed E-state index contributed by atoms with van der Waals surface area (Å²) in [4.78, 5) is 36.0. The van der Waals surface area contributed by atoms with Crippen molar-refractivity contribution in [3.63, 3.8) is 0 Å². The zero-order chi connectivity index (χ0) is 17.8. The van der Waals surface area contributed by atoms with Gasteiger partial charge in [0.05, 0.1) is 0 Å². The third-order valence-corrected chi connectivity index (χ3v) is 3.72. The van der Waals surface area contributed by atoms with Gasteiger partial charge in [0.2, 0.25) is 0 Å². The average Bonchev–Trinajstić information content (AvgIpc) is 2.96. The predicted molar refractivity (Wildman–Crippen MR) is 90.9 cm³/mol. The van der Waals surface area contributed by atoms with Gasteiger partial charge in [-0.15, -0.1) is 5.10 Å². The number of aryl methyl sites for hydroxylation is 1. The number of nitrogens with one attached hydrogen (secondary N) is 2. The predicted octanol–water partition coefficient (Wildman–Crippen LogP) is 0.520. The Kier molecular flexibility index (Phi) is 4.60. The number of benzene rings is 1. The summed E-state index contributed by atoms with van der Waals surface area (Å²) in [6.07, 6.45) is 2.45. The van der Waals surface area contributed by atoms with Crippen molar-refractivity contribution < 1.29 is 9.59 Å². The summed E-state index contributed by atoms with van der Waals surface area (Å²) < 4.78 is 2.37. The molecule has 128 valence electrons. The zero-order valence-corrected chi connectivity index (χ0v) is 13.6. The number of fused-ring (bicyclic) bond motifs is 1. The lowest BCUT2D eigenvalue weighted by atomic mass is 10.1. The summed E-state index contributed by atoms with van der Waals surface area (Å²) in [7, 11) is 0. The molecule has 2 aromatic heterocycles. The van der Waals surface area contributed by atoms with E-state index in [0.717, 1.165) is 16.7 Å². The number of hydrogen-bond acceptors (Lipinski definition) is 4. The quantitative estimate of drug-likeness (QED) is 0.677. The molecule has 0 saturated heterocycles. The summed E-state index contributed by atoms with van der Waals surface area (Å²) in [5.41, 5.74) is 6.17. The van der Waals surface area contributed by atoms with Gasteiger partial charge in [-0.3, -0.25) is 24.8 Å². The molecule has 0 aliphatic carbocycles. The Hall–Kier alpha value is -3.42. The lowest BCUT2D eigenvalue weighted by Gasteiger charge is -2.07. The fourth-order valence-electron chi connectivity index (χ4n) is 2.34. The molecule has 3 aromatic rings. The van der Waals surface area contributed by atoms with Gasteiger partial charge in [-0.2, -0.15) is 0 Å². The Balaban J connectivity index is 1.61. The van der Waals surface area contributed by atoms with Crippen molar-refractivity contribution in [2.24, 2.45) is 0 Å². The van der Waals surface area contributed by atoms with Crippen LogP contribution >= 0.6 is 0 Å². The Bertz CT molecular complexity index is 972. The molecule has 0 saturated carbocycles. The van der Waals surface area contributed by atoms with E-state index in [0.29, 0.717) is 11.2 Å². The molecular weight excluding hydrogens is 322 g/mol. The highest BCUT2D eigenvalue weighted by atomic mass is 16.2. The van der Waals surface area contributed by atoms with Crippen LogP contribution in [0.3, 0.4) is 0 Å². The molecule has 3 rings (SSSR count). The van der Waals surface area contributed by atoms with E-state index in [1.807, 2.05) is 19.1 Å². The Morgan fingerprint density at radius 3 is 2.52 bits per heavy atom. The lowest BCUT2D eigenvalue weighted by Crippen LogP contribution is -2.44. The van der Waals surface area contributed by atoms with Gasteiger partial charge in [0, 0.05) is 11.8 Å². The van der Waals surface area contributed by atoms with Crippen LogP contribution in [-0.2, 0) is 17.8 Å². The summed E-state index contributed by atoms with van der Waals surface area (Å²) in [6.45, 7) is 1.73. The van der Waals surface area contributed by atoms with Crippen molar-refractivity contribution in [3.05, 3.63) is 70.3 Å². The van der Waals surface area contributed by atoms with Gasteiger partial charge in [-0.25, -0.2) is 9.48 Å². The van der Waals surface area contributed by atoms with Gasteiger partial charge in [-0.1, -0.05) is 25.1 Å². The van der Waals surface area contributed by atoms with Crippen molar-refractivity contribution in [2.75, 3.05) is 0 Å². The minimum Gasteiger partial charge on any atom is -0.271 e. The van der Waals surface area contributed by atoms with Gasteiger partial charge >= 0.3 is 5.69 Å². The minimum atomic E-state index is -0.552. The Morgan fingerprint density at radius 2 is 1.84 bits per heavy atom. The van der Waals surface area contributed by atoms with E-state index in [1.54, 1.807) is 36.5 Å². The van der Waals surface area contributed by atoms with Crippen LogP contribution in [-0.4, -0.2) is 26.0 Å². The topological polar surface area (TPSA) is 97.5 Å². The fourth-order valence-corrected chi connectivity index (χ4v) is 2.34. The van der Waals surface area contributed by atoms with Crippen LogP contribution in [0.15, 0.2) is 53.5 Å². The van der Waals surface area contributed by atoms with Crippen LogP contribution < -0.4 is 16.5 Å². The molecule has 0 spiro atoms. The number of amides is 2. The van der Waals surface area contributed by atoms with Crippen LogP contribution in [0.5, 0.6) is 0 Å². The van der Waals surface area contributed by atoms with E-state index >= 15 is 0 Å². The fraction of sp³-hybridized carbons (Fsp3) is 0.176. The minimum absolute atomic E-state index is 0.296. The van der Waals surface area contributed by atoms with E-state index < -0.39 is 17.5 Å². The maximum absolute atomic E-state index is 12.1. The number of rotatable bonds is 4. The first kappa shape index (κ1) is 16.4. The highest BCUT2D eigenvalue weighted by molar-refractivity contribution is 5.95. The zero-order valence-electron chi connectivity index (χ0n) is 13.6. The van der Waals surface area contributed by atoms with Gasteiger partial charge in [0.25, 0.3) is 11.8 Å². The number of hydrazine groups is 1. The molecular formula is C17H17N5O3. The number of pyridine rings is 1. The normalized spacial score (nSPS) is 10.6. The molecule has 0 fully saturated rings. The van der Waals surface area contributed by atoms with Gasteiger partial charge in [0.1, 0.15) is 6.54 Å². The molecule has 0 bridgehead atoms. The Labute approximate surface area is 143 Å². The van der Waals surface area contributed by atoms with Gasteiger partial charge in [-0.05, 0) is 36.2 Å². The molecule has 2 N–H and O–H groups in total. The SMILES string of the molecule is CCc1ccc(C(=O)NNC(=O)Cn2nc3ccccn3c2=O)cc1. The van der Waals surface area contributed by atoms with Crippen LogP contribution in [0.25, 0.3) is 5.65 Å². The summed E-state index contributed by atoms with van der Waals surface area (Å²) in [6, 6.07) is 12.2. The number of aromatic nitrogens is 3. The maximum Gasteiger partial charge on any atom is 0.350 e. The third-order valence-electron chi connectivity index (χ3n) is 3.72. The molecule has 8 nitrogen and oxygen atoms in total. The summed E-state index contributed by atoms with van der Waals surface area (Å²) in [5, 5.41) is 4.05. The van der Waals surface area contributed by atoms with Crippen LogP contribution in [0.2, 0.25) is 0 Å². The van der Waals surface area contributed by atoms with E-state index in [1.165, 1.54) is 4.40 Å². The molecule has 2 heterocycles. The van der Waals surface area contributed by atoms with Crippen LogP contribution in [0, 0.1) is 0 Å². The number of nitrogens with zero attached hydrogens (tertiary/aromatic N) is 3. The van der Waals surface area contributed by atoms with Crippen molar-refractivity contribution in [3.8, 4) is 0 Å². The van der Waals surface area contributed by atoms with Crippen molar-refractivity contribution >= 4 is 17.5 Å². The van der Waals surface area contributed by atoms with Crippen LogP contribution in [0.1, 0.15) is 22.8 Å². The second kappa shape index (κ2) is 7.00. The lowest BCUT2D eigenvalue weighted by molar-refractivity contribution is -0.122. The van der Waals surface area contributed by atoms with E-state index in [-0.39, 0.29) is 6.54 Å². The molecule has 0 unspecified atom stereocenters. The highest BCUT2D eigenvalue weighted by Crippen LogP contribution is 2.04. The second-order valence-corrected chi connectivity index (χ2v) is 5.42. The van der Waals surface area contributed by atoms with E-state index in [4.69, 9.17) is 0 Å². The molecule has 25 heavy (non-hydrogen) atoms. The largest absolute Gasteiger partial charge is 0.350 e. The number of carbonyl (C=O) groups is 2. The molecule has 8 heteroatoms. The van der Waals surface area contributed by atoms with Crippen molar-refractivity contribution in [1.29, 1.82) is 0 Å². The third kappa shape index (κ3) is 3.57. The average molecular weight is 339 g/mol. The Morgan fingerprint density at radius 1 is 1.08 bits per heavy atom. The first-order chi connectivity index (χ1) is 12.1.